The second-order valence-corrected chi connectivity index (χ2v) is 6.08. The first kappa shape index (κ1) is 13.5. The number of carbonyl (C=O) groups is 2. The zero-order valence-corrected chi connectivity index (χ0v) is 12.7. The molecule has 2 amide bonds. The fraction of sp³-hybridized carbons (Fsp3) is 0.500. The van der Waals surface area contributed by atoms with Crippen molar-refractivity contribution in [2.75, 3.05) is 26.2 Å². The van der Waals surface area contributed by atoms with Gasteiger partial charge in [-0.15, -0.1) is 0 Å². The number of piperazine rings is 1. The summed E-state index contributed by atoms with van der Waals surface area (Å²) in [6, 6.07) is 3.60. The van der Waals surface area contributed by atoms with Crippen molar-refractivity contribution in [1.82, 2.24) is 14.8 Å². The number of nitrogens with zero attached hydrogens (tertiary/aromatic N) is 3. The second kappa shape index (κ2) is 5.52. The van der Waals surface area contributed by atoms with E-state index in [1.165, 1.54) is 0 Å². The fourth-order valence-corrected chi connectivity index (χ4v) is 2.84. The van der Waals surface area contributed by atoms with Gasteiger partial charge in [-0.2, -0.15) is 0 Å². The van der Waals surface area contributed by atoms with E-state index in [1.54, 1.807) is 17.2 Å². The van der Waals surface area contributed by atoms with Crippen LogP contribution in [0.4, 0.5) is 0 Å². The molecule has 2 fully saturated rings. The van der Waals surface area contributed by atoms with Gasteiger partial charge >= 0.3 is 0 Å². The van der Waals surface area contributed by atoms with Crippen LogP contribution in [0.5, 0.6) is 0 Å². The summed E-state index contributed by atoms with van der Waals surface area (Å²) in [7, 11) is 0. The van der Waals surface area contributed by atoms with Gasteiger partial charge < -0.3 is 9.80 Å². The lowest BCUT2D eigenvalue weighted by Gasteiger charge is -2.34. The van der Waals surface area contributed by atoms with E-state index in [1.807, 2.05) is 11.0 Å². The Kier molecular flexibility index (Phi) is 3.74. The molecule has 3 rings (SSSR count). The Morgan fingerprint density at radius 3 is 2.40 bits per heavy atom. The van der Waals surface area contributed by atoms with Crippen LogP contribution in [0.1, 0.15) is 23.3 Å². The lowest BCUT2D eigenvalue weighted by Crippen LogP contribution is -2.51. The Morgan fingerprint density at radius 2 is 1.80 bits per heavy atom. The summed E-state index contributed by atoms with van der Waals surface area (Å²) in [5.41, 5.74) is 0.439. The fourth-order valence-electron chi connectivity index (χ4n) is 2.41. The molecule has 1 saturated heterocycles. The van der Waals surface area contributed by atoms with Crippen LogP contribution >= 0.6 is 15.9 Å². The highest BCUT2D eigenvalue weighted by molar-refractivity contribution is 9.10. The molecule has 0 aromatic carbocycles. The zero-order chi connectivity index (χ0) is 14.1. The van der Waals surface area contributed by atoms with Gasteiger partial charge in [0.15, 0.2) is 0 Å². The van der Waals surface area contributed by atoms with Crippen molar-refractivity contribution in [1.29, 1.82) is 0 Å². The molecule has 0 spiro atoms. The maximum atomic E-state index is 12.4. The third-order valence-electron chi connectivity index (χ3n) is 3.77. The van der Waals surface area contributed by atoms with Gasteiger partial charge in [0.1, 0.15) is 5.69 Å². The van der Waals surface area contributed by atoms with Gasteiger partial charge in [0.05, 0.1) is 0 Å². The van der Waals surface area contributed by atoms with Crippen LogP contribution in [0, 0.1) is 5.92 Å². The van der Waals surface area contributed by atoms with Crippen LogP contribution in [-0.4, -0.2) is 52.8 Å². The number of amides is 2. The third kappa shape index (κ3) is 2.70. The van der Waals surface area contributed by atoms with Crippen LogP contribution in [0.15, 0.2) is 22.8 Å². The Morgan fingerprint density at radius 1 is 1.15 bits per heavy atom. The summed E-state index contributed by atoms with van der Waals surface area (Å²) >= 11 is 3.35. The SMILES string of the molecule is O=C(c1ncccc1Br)N1CCN(C(=O)C2CC2)CC1. The normalized spacial score (nSPS) is 19.1. The van der Waals surface area contributed by atoms with Gasteiger partial charge in [0.2, 0.25) is 5.91 Å². The molecule has 1 aromatic rings. The lowest BCUT2D eigenvalue weighted by atomic mass is 10.2. The van der Waals surface area contributed by atoms with E-state index in [2.05, 4.69) is 20.9 Å². The van der Waals surface area contributed by atoms with E-state index in [0.29, 0.717) is 36.3 Å². The summed E-state index contributed by atoms with van der Waals surface area (Å²) in [5, 5.41) is 0. The van der Waals surface area contributed by atoms with Crippen molar-refractivity contribution < 1.29 is 9.59 Å². The molecule has 5 nitrogen and oxygen atoms in total. The monoisotopic (exact) mass is 337 g/mol. The molecule has 20 heavy (non-hydrogen) atoms. The number of carbonyl (C=O) groups excluding carboxylic acids is 2. The standard InChI is InChI=1S/C14H16BrN3O2/c15-11-2-1-5-16-12(11)14(20)18-8-6-17(7-9-18)13(19)10-3-4-10/h1-2,5,10H,3-4,6-9H2. The predicted molar refractivity (Wildman–Crippen MR) is 77.1 cm³/mol. The zero-order valence-electron chi connectivity index (χ0n) is 11.1. The van der Waals surface area contributed by atoms with Gasteiger partial charge in [0, 0.05) is 42.8 Å². The average Bonchev–Trinajstić information content (AvgIpc) is 3.31. The number of aromatic nitrogens is 1. The van der Waals surface area contributed by atoms with Crippen molar-refractivity contribution in [2.24, 2.45) is 5.92 Å². The smallest absolute Gasteiger partial charge is 0.273 e. The van der Waals surface area contributed by atoms with Crippen molar-refractivity contribution in [3.63, 3.8) is 0 Å². The van der Waals surface area contributed by atoms with Crippen LogP contribution < -0.4 is 0 Å². The largest absolute Gasteiger partial charge is 0.339 e. The molecule has 0 atom stereocenters. The lowest BCUT2D eigenvalue weighted by molar-refractivity contribution is -0.134. The molecule has 1 aromatic heterocycles. The second-order valence-electron chi connectivity index (χ2n) is 5.23. The Bertz CT molecular complexity index is 537. The summed E-state index contributed by atoms with van der Waals surface area (Å²) in [5.74, 6) is 0.439. The highest BCUT2D eigenvalue weighted by atomic mass is 79.9. The minimum Gasteiger partial charge on any atom is -0.339 e. The highest BCUT2D eigenvalue weighted by Gasteiger charge is 2.35. The molecule has 2 heterocycles. The molecule has 106 valence electrons. The summed E-state index contributed by atoms with van der Waals surface area (Å²) in [4.78, 5) is 32.1. The topological polar surface area (TPSA) is 53.5 Å². The first-order chi connectivity index (χ1) is 9.66. The van der Waals surface area contributed by atoms with Crippen LogP contribution in [0.3, 0.4) is 0 Å². The van der Waals surface area contributed by atoms with Crippen LogP contribution in [-0.2, 0) is 4.79 Å². The van der Waals surface area contributed by atoms with Gasteiger partial charge in [-0.1, -0.05) is 0 Å². The maximum Gasteiger partial charge on any atom is 0.273 e. The average molecular weight is 338 g/mol. The first-order valence-electron chi connectivity index (χ1n) is 6.85. The number of pyridine rings is 1. The highest BCUT2D eigenvalue weighted by Crippen LogP contribution is 2.31. The molecular formula is C14H16BrN3O2. The van der Waals surface area contributed by atoms with Crippen LogP contribution in [0.2, 0.25) is 0 Å². The minimum atomic E-state index is -0.0732. The van der Waals surface area contributed by atoms with E-state index in [-0.39, 0.29) is 17.7 Å². The summed E-state index contributed by atoms with van der Waals surface area (Å²) in [6.45, 7) is 2.43. The number of rotatable bonds is 2. The van der Waals surface area contributed by atoms with E-state index < -0.39 is 0 Å². The molecule has 1 aliphatic carbocycles. The summed E-state index contributed by atoms with van der Waals surface area (Å²) in [6.07, 6.45) is 3.67. The van der Waals surface area contributed by atoms with Crippen LogP contribution in [0.25, 0.3) is 0 Å². The van der Waals surface area contributed by atoms with E-state index >= 15 is 0 Å². The molecule has 1 aliphatic heterocycles. The van der Waals surface area contributed by atoms with Crippen molar-refractivity contribution in [2.45, 2.75) is 12.8 Å². The quantitative estimate of drug-likeness (QED) is 0.822. The minimum absolute atomic E-state index is 0.0732. The summed E-state index contributed by atoms with van der Waals surface area (Å²) < 4.78 is 0.710. The van der Waals surface area contributed by atoms with Gasteiger partial charge in [-0.25, -0.2) is 4.98 Å². The van der Waals surface area contributed by atoms with E-state index in [0.717, 1.165) is 12.8 Å². The molecule has 2 aliphatic rings. The van der Waals surface area contributed by atoms with Crippen molar-refractivity contribution in [3.8, 4) is 0 Å². The van der Waals surface area contributed by atoms with Crippen molar-refractivity contribution in [3.05, 3.63) is 28.5 Å². The molecule has 6 heteroatoms. The third-order valence-corrected chi connectivity index (χ3v) is 4.41. The molecule has 0 radical (unpaired) electrons. The molecular weight excluding hydrogens is 322 g/mol. The Hall–Kier alpha value is -1.43. The molecule has 0 bridgehead atoms. The molecule has 0 unspecified atom stereocenters. The maximum absolute atomic E-state index is 12.4. The predicted octanol–water partition coefficient (Wildman–Crippen LogP) is 1.54. The van der Waals surface area contributed by atoms with E-state index in [9.17, 15) is 9.59 Å². The Balaban J connectivity index is 1.61. The van der Waals surface area contributed by atoms with Crippen molar-refractivity contribution >= 4 is 27.7 Å². The van der Waals surface area contributed by atoms with E-state index in [4.69, 9.17) is 0 Å². The number of hydrogen-bond acceptors (Lipinski definition) is 3. The molecule has 1 saturated carbocycles. The Labute approximate surface area is 126 Å². The number of hydrogen-bond donors (Lipinski definition) is 0. The van der Waals surface area contributed by atoms with Gasteiger partial charge in [-0.05, 0) is 40.9 Å². The first-order valence-corrected chi connectivity index (χ1v) is 7.64. The molecule has 0 N–H and O–H groups in total. The van der Waals surface area contributed by atoms with Gasteiger partial charge in [-0.3, -0.25) is 9.59 Å². The van der Waals surface area contributed by atoms with Gasteiger partial charge in [0.25, 0.3) is 5.91 Å². The number of halogens is 1.